The van der Waals surface area contributed by atoms with Crippen LogP contribution in [0.2, 0.25) is 0 Å². The summed E-state index contributed by atoms with van der Waals surface area (Å²) in [5.74, 6) is 0.341. The highest BCUT2D eigenvalue weighted by molar-refractivity contribution is 7.10. The van der Waals surface area contributed by atoms with Crippen molar-refractivity contribution < 1.29 is 14.3 Å². The molecule has 2 amide bonds. The van der Waals surface area contributed by atoms with Crippen molar-refractivity contribution in [1.29, 1.82) is 0 Å². The fourth-order valence-corrected chi connectivity index (χ4v) is 6.08. The van der Waals surface area contributed by atoms with Gasteiger partial charge in [0.05, 0.1) is 19.1 Å². The average molecular weight is 461 g/mol. The molecule has 0 saturated heterocycles. The molecule has 1 aliphatic heterocycles. The van der Waals surface area contributed by atoms with Crippen molar-refractivity contribution in [3.63, 3.8) is 0 Å². The van der Waals surface area contributed by atoms with Crippen molar-refractivity contribution in [2.24, 2.45) is 0 Å². The van der Waals surface area contributed by atoms with E-state index in [-0.39, 0.29) is 23.9 Å². The van der Waals surface area contributed by atoms with E-state index in [2.05, 4.69) is 11.4 Å². The first-order valence-corrected chi connectivity index (χ1v) is 12.4. The minimum Gasteiger partial charge on any atom is -0.497 e. The number of benzene rings is 2. The molecule has 0 unspecified atom stereocenters. The van der Waals surface area contributed by atoms with E-state index in [1.165, 1.54) is 0 Å². The largest absolute Gasteiger partial charge is 0.497 e. The average Bonchev–Trinajstić information content (AvgIpc) is 3.57. The summed E-state index contributed by atoms with van der Waals surface area (Å²) in [4.78, 5) is 30.6. The first-order valence-electron chi connectivity index (χ1n) is 11.5. The third kappa shape index (κ3) is 4.15. The monoisotopic (exact) mass is 460 g/mol. The van der Waals surface area contributed by atoms with Crippen LogP contribution in [0.3, 0.4) is 0 Å². The van der Waals surface area contributed by atoms with Crippen molar-refractivity contribution in [1.82, 2.24) is 10.2 Å². The summed E-state index contributed by atoms with van der Waals surface area (Å²) in [5.41, 5.74) is 2.48. The maximum absolute atomic E-state index is 13.8. The van der Waals surface area contributed by atoms with E-state index in [9.17, 15) is 9.59 Å². The summed E-state index contributed by atoms with van der Waals surface area (Å²) in [6, 6.07) is 19.3. The van der Waals surface area contributed by atoms with Gasteiger partial charge in [-0.1, -0.05) is 49.2 Å². The topological polar surface area (TPSA) is 58.6 Å². The molecule has 1 aliphatic carbocycles. The lowest BCUT2D eigenvalue weighted by atomic mass is 9.80. The van der Waals surface area contributed by atoms with Crippen LogP contribution in [0.25, 0.3) is 0 Å². The number of hydrogen-bond acceptors (Lipinski definition) is 4. The van der Waals surface area contributed by atoms with Crippen molar-refractivity contribution in [2.45, 2.75) is 50.2 Å². The Bertz CT molecular complexity index is 1120. The first kappa shape index (κ1) is 21.7. The first-order chi connectivity index (χ1) is 16.2. The Morgan fingerprint density at radius 3 is 2.52 bits per heavy atom. The quantitative estimate of drug-likeness (QED) is 0.543. The number of methoxy groups -OCH3 is 1. The Morgan fingerprint density at radius 1 is 1.06 bits per heavy atom. The maximum atomic E-state index is 13.8. The van der Waals surface area contributed by atoms with Crippen LogP contribution in [0.5, 0.6) is 5.75 Å². The van der Waals surface area contributed by atoms with Crippen molar-refractivity contribution in [2.75, 3.05) is 7.11 Å². The molecule has 1 aromatic heterocycles. The van der Waals surface area contributed by atoms with Gasteiger partial charge in [0.25, 0.3) is 5.91 Å². The normalized spacial score (nSPS) is 20.5. The molecule has 5 rings (SSSR count). The molecule has 2 heterocycles. The molecule has 33 heavy (non-hydrogen) atoms. The van der Waals surface area contributed by atoms with Crippen LogP contribution >= 0.6 is 11.3 Å². The molecule has 3 aromatic rings. The molecule has 2 aromatic carbocycles. The number of thiophene rings is 1. The number of carbonyl (C=O) groups excluding carboxylic acids is 2. The lowest BCUT2D eigenvalue weighted by Gasteiger charge is -2.44. The molecule has 2 aliphatic rings. The lowest BCUT2D eigenvalue weighted by Crippen LogP contribution is -2.50. The molecular formula is C27H28N2O3S. The zero-order valence-electron chi connectivity index (χ0n) is 18.7. The lowest BCUT2D eigenvalue weighted by molar-refractivity contribution is -0.124. The van der Waals surface area contributed by atoms with Gasteiger partial charge in [0, 0.05) is 23.0 Å². The molecular weight excluding hydrogens is 432 g/mol. The zero-order valence-corrected chi connectivity index (χ0v) is 19.5. The van der Waals surface area contributed by atoms with Crippen LogP contribution in [-0.2, 0) is 11.3 Å². The van der Waals surface area contributed by atoms with Crippen LogP contribution in [0.1, 0.15) is 64.0 Å². The fraction of sp³-hybridized carbons (Fsp3) is 0.333. The molecule has 2 atom stereocenters. The third-order valence-corrected chi connectivity index (χ3v) is 7.78. The summed E-state index contributed by atoms with van der Waals surface area (Å²) in [5, 5.41) is 5.18. The number of amides is 2. The van der Waals surface area contributed by atoms with Gasteiger partial charge in [-0.2, -0.15) is 0 Å². The molecule has 5 nitrogen and oxygen atoms in total. The minimum absolute atomic E-state index is 0.0489. The van der Waals surface area contributed by atoms with Gasteiger partial charge in [0.1, 0.15) is 5.75 Å². The highest BCUT2D eigenvalue weighted by Crippen LogP contribution is 2.47. The second-order valence-corrected chi connectivity index (χ2v) is 9.72. The van der Waals surface area contributed by atoms with Gasteiger partial charge in [-0.25, -0.2) is 0 Å². The smallest absolute Gasteiger partial charge is 0.254 e. The van der Waals surface area contributed by atoms with Crippen LogP contribution in [0.4, 0.5) is 0 Å². The predicted molar refractivity (Wildman–Crippen MR) is 130 cm³/mol. The second kappa shape index (κ2) is 9.40. The van der Waals surface area contributed by atoms with Crippen LogP contribution in [0, 0.1) is 0 Å². The molecule has 0 radical (unpaired) electrons. The van der Waals surface area contributed by atoms with E-state index in [4.69, 9.17) is 4.74 Å². The van der Waals surface area contributed by atoms with Gasteiger partial charge in [0.2, 0.25) is 5.91 Å². The number of hydrogen-bond donors (Lipinski definition) is 1. The Morgan fingerprint density at radius 2 is 1.82 bits per heavy atom. The maximum Gasteiger partial charge on any atom is 0.254 e. The standard InChI is InChI=1S/C27H28N2O3S/c1-32-20-14-12-18(13-15-20)17-28-26(30)24-21-9-4-5-10-22(21)27(31)29(19-7-2-3-8-19)25(24)23-11-6-16-33-23/h4-6,9-16,19,24-25H,2-3,7-8,17H2,1H3,(H,28,30)/t24-,25+/m1/s1. The van der Waals surface area contributed by atoms with Gasteiger partial charge in [0.15, 0.2) is 0 Å². The second-order valence-electron chi connectivity index (χ2n) is 8.74. The third-order valence-electron chi connectivity index (χ3n) is 6.84. The van der Waals surface area contributed by atoms with E-state index in [1.807, 2.05) is 64.9 Å². The van der Waals surface area contributed by atoms with E-state index in [0.717, 1.165) is 47.4 Å². The molecule has 1 saturated carbocycles. The SMILES string of the molecule is COc1ccc(CNC(=O)[C@@H]2c3ccccc3C(=O)N(C3CCCC3)[C@H]2c2cccs2)cc1. The molecule has 1 N–H and O–H groups in total. The van der Waals surface area contributed by atoms with Crippen molar-refractivity contribution >= 4 is 23.2 Å². The number of fused-ring (bicyclic) bond motifs is 1. The van der Waals surface area contributed by atoms with Crippen molar-refractivity contribution in [3.8, 4) is 5.75 Å². The summed E-state index contributed by atoms with van der Waals surface area (Å²) in [7, 11) is 1.64. The minimum atomic E-state index is -0.448. The molecule has 0 bridgehead atoms. The number of rotatable bonds is 6. The Labute approximate surface area is 198 Å². The summed E-state index contributed by atoms with van der Waals surface area (Å²) >= 11 is 1.62. The molecule has 6 heteroatoms. The van der Waals surface area contributed by atoms with E-state index < -0.39 is 5.92 Å². The highest BCUT2D eigenvalue weighted by atomic mass is 32.1. The van der Waals surface area contributed by atoms with E-state index in [1.54, 1.807) is 18.4 Å². The van der Waals surface area contributed by atoms with Crippen molar-refractivity contribution in [3.05, 3.63) is 87.6 Å². The number of nitrogens with one attached hydrogen (secondary N) is 1. The Kier molecular flexibility index (Phi) is 6.18. The van der Waals surface area contributed by atoms with E-state index in [0.29, 0.717) is 12.1 Å². The van der Waals surface area contributed by atoms with E-state index >= 15 is 0 Å². The molecule has 1 fully saturated rings. The molecule has 0 spiro atoms. The van der Waals surface area contributed by atoms with Gasteiger partial charge in [-0.15, -0.1) is 11.3 Å². The van der Waals surface area contributed by atoms with Gasteiger partial charge in [-0.05, 0) is 53.6 Å². The highest BCUT2D eigenvalue weighted by Gasteiger charge is 2.47. The van der Waals surface area contributed by atoms with Crippen LogP contribution in [-0.4, -0.2) is 29.9 Å². The molecule has 170 valence electrons. The summed E-state index contributed by atoms with van der Waals surface area (Å²) < 4.78 is 5.23. The summed E-state index contributed by atoms with van der Waals surface area (Å²) in [6.45, 7) is 0.427. The number of nitrogens with zero attached hydrogens (tertiary/aromatic N) is 1. The fourth-order valence-electron chi connectivity index (χ4n) is 5.22. The Hall–Kier alpha value is -3.12. The summed E-state index contributed by atoms with van der Waals surface area (Å²) in [6.07, 6.45) is 4.25. The van der Waals surface area contributed by atoms with Crippen LogP contribution in [0.15, 0.2) is 66.0 Å². The van der Waals surface area contributed by atoms with Gasteiger partial charge in [-0.3, -0.25) is 9.59 Å². The van der Waals surface area contributed by atoms with Gasteiger partial charge < -0.3 is 15.0 Å². The van der Waals surface area contributed by atoms with Crippen LogP contribution < -0.4 is 10.1 Å². The number of ether oxygens (including phenoxy) is 1. The zero-order chi connectivity index (χ0) is 22.8. The Balaban J connectivity index is 1.51. The van der Waals surface area contributed by atoms with Gasteiger partial charge >= 0.3 is 0 Å². The number of carbonyl (C=O) groups is 2. The predicted octanol–water partition coefficient (Wildman–Crippen LogP) is 5.30.